The summed E-state index contributed by atoms with van der Waals surface area (Å²) in [6.07, 6.45) is 0. The van der Waals surface area contributed by atoms with Crippen molar-refractivity contribution < 1.29 is 14.3 Å². The topological polar surface area (TPSA) is 70.7 Å². The standard InChI is InChI=1S/C23H31N3O3/c1-5-26(6-2)23(28)18-10-12-19(13-11-18)25-22(27)15-24-20-8-7-9-21(14-20)29-16-17(3)4/h7-14,17,24H,5-6,15-16H2,1-4H3,(H,25,27). The Morgan fingerprint density at radius 3 is 2.31 bits per heavy atom. The highest BCUT2D eigenvalue weighted by Crippen LogP contribution is 2.18. The fourth-order valence-corrected chi connectivity index (χ4v) is 2.74. The minimum absolute atomic E-state index is 0.00545. The second kappa shape index (κ2) is 11.1. The molecule has 0 atom stereocenters. The molecular formula is C23H31N3O3. The molecule has 6 nitrogen and oxygen atoms in total. The summed E-state index contributed by atoms with van der Waals surface area (Å²) in [5.41, 5.74) is 2.09. The summed E-state index contributed by atoms with van der Waals surface area (Å²) in [6, 6.07) is 14.5. The molecule has 0 aliphatic carbocycles. The average Bonchev–Trinajstić information content (AvgIpc) is 2.72. The Morgan fingerprint density at radius 1 is 1.00 bits per heavy atom. The minimum atomic E-state index is -0.165. The molecule has 2 N–H and O–H groups in total. The highest BCUT2D eigenvalue weighted by atomic mass is 16.5. The van der Waals surface area contributed by atoms with E-state index in [1.54, 1.807) is 29.2 Å². The number of hydrogen-bond donors (Lipinski definition) is 2. The Hall–Kier alpha value is -3.02. The molecule has 0 unspecified atom stereocenters. The van der Waals surface area contributed by atoms with Crippen LogP contribution in [0.5, 0.6) is 5.75 Å². The van der Waals surface area contributed by atoms with Crippen LogP contribution in [0.3, 0.4) is 0 Å². The van der Waals surface area contributed by atoms with Gasteiger partial charge in [0.15, 0.2) is 0 Å². The van der Waals surface area contributed by atoms with Gasteiger partial charge in [-0.25, -0.2) is 0 Å². The molecule has 0 saturated heterocycles. The lowest BCUT2D eigenvalue weighted by Crippen LogP contribution is -2.30. The first-order chi connectivity index (χ1) is 13.9. The van der Waals surface area contributed by atoms with E-state index in [1.807, 2.05) is 38.1 Å². The maximum absolute atomic E-state index is 12.3. The largest absolute Gasteiger partial charge is 0.493 e. The molecule has 0 radical (unpaired) electrons. The van der Waals surface area contributed by atoms with Crippen LogP contribution in [0.4, 0.5) is 11.4 Å². The van der Waals surface area contributed by atoms with Gasteiger partial charge in [-0.3, -0.25) is 9.59 Å². The Labute approximate surface area is 173 Å². The number of amides is 2. The Bertz CT molecular complexity index is 799. The van der Waals surface area contributed by atoms with Crippen molar-refractivity contribution in [1.29, 1.82) is 0 Å². The summed E-state index contributed by atoms with van der Waals surface area (Å²) in [6.45, 7) is 10.2. The number of carbonyl (C=O) groups excluding carboxylic acids is 2. The van der Waals surface area contributed by atoms with E-state index in [0.29, 0.717) is 36.9 Å². The summed E-state index contributed by atoms with van der Waals surface area (Å²) < 4.78 is 5.70. The highest BCUT2D eigenvalue weighted by Gasteiger charge is 2.12. The number of rotatable bonds is 10. The van der Waals surface area contributed by atoms with E-state index in [0.717, 1.165) is 11.4 Å². The van der Waals surface area contributed by atoms with E-state index < -0.39 is 0 Å². The lowest BCUT2D eigenvalue weighted by Gasteiger charge is -2.18. The molecule has 0 aliphatic rings. The van der Waals surface area contributed by atoms with Crippen molar-refractivity contribution in [3.05, 3.63) is 54.1 Å². The molecule has 2 amide bonds. The molecule has 0 aromatic heterocycles. The summed E-state index contributed by atoms with van der Waals surface area (Å²) >= 11 is 0. The SMILES string of the molecule is CCN(CC)C(=O)c1ccc(NC(=O)CNc2cccc(OCC(C)C)c2)cc1. The monoisotopic (exact) mass is 397 g/mol. The van der Waals surface area contributed by atoms with Crippen molar-refractivity contribution in [1.82, 2.24) is 4.90 Å². The van der Waals surface area contributed by atoms with Crippen LogP contribution in [0.1, 0.15) is 38.1 Å². The van der Waals surface area contributed by atoms with Gasteiger partial charge in [-0.1, -0.05) is 19.9 Å². The third-order valence-electron chi connectivity index (χ3n) is 4.34. The fourth-order valence-electron chi connectivity index (χ4n) is 2.74. The zero-order valence-electron chi connectivity index (χ0n) is 17.7. The number of nitrogens with one attached hydrogen (secondary N) is 2. The second-order valence-corrected chi connectivity index (χ2v) is 7.19. The Balaban J connectivity index is 1.86. The van der Waals surface area contributed by atoms with Crippen LogP contribution < -0.4 is 15.4 Å². The van der Waals surface area contributed by atoms with E-state index in [9.17, 15) is 9.59 Å². The maximum atomic E-state index is 12.3. The number of anilines is 2. The molecule has 2 rings (SSSR count). The van der Waals surface area contributed by atoms with Crippen LogP contribution in [0.15, 0.2) is 48.5 Å². The van der Waals surface area contributed by atoms with Gasteiger partial charge in [0.2, 0.25) is 5.91 Å². The first-order valence-corrected chi connectivity index (χ1v) is 10.1. The average molecular weight is 398 g/mol. The van der Waals surface area contributed by atoms with Gasteiger partial charge in [0.1, 0.15) is 5.75 Å². The van der Waals surface area contributed by atoms with Crippen molar-refractivity contribution >= 4 is 23.2 Å². The molecule has 29 heavy (non-hydrogen) atoms. The van der Waals surface area contributed by atoms with Crippen LogP contribution >= 0.6 is 0 Å². The maximum Gasteiger partial charge on any atom is 0.253 e. The van der Waals surface area contributed by atoms with Crippen molar-refractivity contribution in [2.24, 2.45) is 5.92 Å². The number of ether oxygens (including phenoxy) is 1. The quantitative estimate of drug-likeness (QED) is 0.629. The van der Waals surface area contributed by atoms with Crippen molar-refractivity contribution in [3.8, 4) is 5.75 Å². The first kappa shape index (κ1) is 22.3. The lowest BCUT2D eigenvalue weighted by molar-refractivity contribution is -0.114. The fraction of sp³-hybridized carbons (Fsp3) is 0.391. The van der Waals surface area contributed by atoms with E-state index >= 15 is 0 Å². The summed E-state index contributed by atoms with van der Waals surface area (Å²) in [5, 5.41) is 5.93. The van der Waals surface area contributed by atoms with Gasteiger partial charge < -0.3 is 20.3 Å². The van der Waals surface area contributed by atoms with Gasteiger partial charge in [-0.05, 0) is 56.2 Å². The molecule has 0 spiro atoms. The van der Waals surface area contributed by atoms with Gasteiger partial charge in [0, 0.05) is 36.1 Å². The number of nitrogens with zero attached hydrogens (tertiary/aromatic N) is 1. The van der Waals surface area contributed by atoms with Crippen LogP contribution in [0.25, 0.3) is 0 Å². The molecule has 2 aromatic carbocycles. The molecule has 2 aromatic rings. The second-order valence-electron chi connectivity index (χ2n) is 7.19. The lowest BCUT2D eigenvalue weighted by atomic mass is 10.1. The van der Waals surface area contributed by atoms with Gasteiger partial charge >= 0.3 is 0 Å². The molecule has 0 bridgehead atoms. The van der Waals surface area contributed by atoms with E-state index in [4.69, 9.17) is 4.74 Å². The van der Waals surface area contributed by atoms with E-state index in [2.05, 4.69) is 24.5 Å². The third kappa shape index (κ3) is 7.14. The zero-order chi connectivity index (χ0) is 21.2. The van der Waals surface area contributed by atoms with Crippen LogP contribution in [0.2, 0.25) is 0 Å². The smallest absolute Gasteiger partial charge is 0.253 e. The molecule has 156 valence electrons. The predicted molar refractivity (Wildman–Crippen MR) is 118 cm³/mol. The predicted octanol–water partition coefficient (Wildman–Crippen LogP) is 4.25. The molecule has 6 heteroatoms. The number of benzene rings is 2. The summed E-state index contributed by atoms with van der Waals surface area (Å²) in [4.78, 5) is 26.3. The van der Waals surface area contributed by atoms with Crippen molar-refractivity contribution in [3.63, 3.8) is 0 Å². The van der Waals surface area contributed by atoms with Crippen LogP contribution in [-0.2, 0) is 4.79 Å². The van der Waals surface area contributed by atoms with Gasteiger partial charge in [0.05, 0.1) is 13.2 Å². The third-order valence-corrected chi connectivity index (χ3v) is 4.34. The van der Waals surface area contributed by atoms with Gasteiger partial charge in [-0.2, -0.15) is 0 Å². The zero-order valence-corrected chi connectivity index (χ0v) is 17.7. The van der Waals surface area contributed by atoms with Crippen molar-refractivity contribution in [2.75, 3.05) is 36.9 Å². The molecule has 0 aliphatic heterocycles. The molecule has 0 saturated carbocycles. The summed E-state index contributed by atoms with van der Waals surface area (Å²) in [5.74, 6) is 1.05. The number of carbonyl (C=O) groups is 2. The van der Waals surface area contributed by atoms with Crippen LogP contribution in [-0.4, -0.2) is 43.0 Å². The van der Waals surface area contributed by atoms with Gasteiger partial charge in [0.25, 0.3) is 5.91 Å². The molecule has 0 heterocycles. The van der Waals surface area contributed by atoms with Crippen LogP contribution in [0, 0.1) is 5.92 Å². The highest BCUT2D eigenvalue weighted by molar-refractivity contribution is 5.96. The minimum Gasteiger partial charge on any atom is -0.493 e. The summed E-state index contributed by atoms with van der Waals surface area (Å²) in [7, 11) is 0. The van der Waals surface area contributed by atoms with Crippen molar-refractivity contribution in [2.45, 2.75) is 27.7 Å². The van der Waals surface area contributed by atoms with E-state index in [1.165, 1.54) is 0 Å². The van der Waals surface area contributed by atoms with E-state index in [-0.39, 0.29) is 18.4 Å². The Kier molecular flexibility index (Phi) is 8.52. The molecular weight excluding hydrogens is 366 g/mol. The number of hydrogen-bond acceptors (Lipinski definition) is 4. The van der Waals surface area contributed by atoms with Gasteiger partial charge in [-0.15, -0.1) is 0 Å². The first-order valence-electron chi connectivity index (χ1n) is 10.1. The molecule has 0 fully saturated rings. The normalized spacial score (nSPS) is 10.5. The Morgan fingerprint density at radius 2 is 1.69 bits per heavy atom.